The second-order valence-corrected chi connectivity index (χ2v) is 5.18. The first-order valence-electron chi connectivity index (χ1n) is 5.75. The van der Waals surface area contributed by atoms with Gasteiger partial charge in [0, 0.05) is 12.8 Å². The van der Waals surface area contributed by atoms with Crippen molar-refractivity contribution in [3.63, 3.8) is 0 Å². The van der Waals surface area contributed by atoms with Crippen LogP contribution in [0.25, 0.3) is 0 Å². The van der Waals surface area contributed by atoms with Crippen molar-refractivity contribution >= 4 is 5.78 Å². The lowest BCUT2D eigenvalue weighted by Crippen LogP contribution is -2.20. The summed E-state index contributed by atoms with van der Waals surface area (Å²) in [5.74, 6) is 1.24. The lowest BCUT2D eigenvalue weighted by Gasteiger charge is -2.24. The van der Waals surface area contributed by atoms with Crippen molar-refractivity contribution in [2.24, 2.45) is 0 Å². The maximum absolute atomic E-state index is 11.2. The predicted molar refractivity (Wildman–Crippen MR) is 64.0 cm³/mol. The van der Waals surface area contributed by atoms with Gasteiger partial charge < -0.3 is 4.74 Å². The molecule has 1 heterocycles. The molecule has 0 radical (unpaired) electrons. The molecule has 1 aromatic rings. The molecule has 0 saturated heterocycles. The fourth-order valence-electron chi connectivity index (χ4n) is 2.33. The number of hydrogen-bond acceptors (Lipinski definition) is 2. The summed E-state index contributed by atoms with van der Waals surface area (Å²) in [6, 6.07) is 6.29. The molecule has 2 rings (SSSR count). The Morgan fingerprint density at radius 2 is 2.19 bits per heavy atom. The van der Waals surface area contributed by atoms with E-state index in [2.05, 4.69) is 26.0 Å². The van der Waals surface area contributed by atoms with Gasteiger partial charge in [0.15, 0.2) is 0 Å². The first-order valence-corrected chi connectivity index (χ1v) is 5.75. The van der Waals surface area contributed by atoms with Crippen molar-refractivity contribution in [1.82, 2.24) is 0 Å². The first kappa shape index (κ1) is 11.2. The highest BCUT2D eigenvalue weighted by atomic mass is 16.5. The Balaban J connectivity index is 2.30. The standard InChI is InChI=1S/C14H18O2/c1-10(15)9-14(2,3)12-4-5-13-11(8-12)6-7-16-13/h4-5,8H,6-7,9H2,1-3H3. The Morgan fingerprint density at radius 1 is 1.44 bits per heavy atom. The maximum atomic E-state index is 11.2. The van der Waals surface area contributed by atoms with Crippen LogP contribution >= 0.6 is 0 Å². The second-order valence-electron chi connectivity index (χ2n) is 5.18. The number of rotatable bonds is 3. The number of benzene rings is 1. The van der Waals surface area contributed by atoms with Crippen LogP contribution in [0, 0.1) is 0 Å². The summed E-state index contributed by atoms with van der Waals surface area (Å²) >= 11 is 0. The van der Waals surface area contributed by atoms with Gasteiger partial charge in [-0.15, -0.1) is 0 Å². The second kappa shape index (κ2) is 3.93. The molecular formula is C14H18O2. The molecular weight excluding hydrogens is 200 g/mol. The number of carbonyl (C=O) groups excluding carboxylic acids is 1. The SMILES string of the molecule is CC(=O)CC(C)(C)c1ccc2c(c1)CCO2. The molecule has 0 fully saturated rings. The number of fused-ring (bicyclic) bond motifs is 1. The average molecular weight is 218 g/mol. The van der Waals surface area contributed by atoms with Gasteiger partial charge in [-0.1, -0.05) is 26.0 Å². The van der Waals surface area contributed by atoms with E-state index in [0.717, 1.165) is 18.8 Å². The normalized spacial score (nSPS) is 14.4. The lowest BCUT2D eigenvalue weighted by molar-refractivity contribution is -0.118. The van der Waals surface area contributed by atoms with Gasteiger partial charge in [0.05, 0.1) is 6.61 Å². The van der Waals surface area contributed by atoms with Gasteiger partial charge in [-0.05, 0) is 29.5 Å². The molecule has 0 amide bonds. The van der Waals surface area contributed by atoms with E-state index < -0.39 is 0 Å². The van der Waals surface area contributed by atoms with Crippen molar-refractivity contribution in [3.05, 3.63) is 29.3 Å². The summed E-state index contributed by atoms with van der Waals surface area (Å²) in [5.41, 5.74) is 2.42. The molecule has 0 spiro atoms. The molecule has 1 aliphatic heterocycles. The van der Waals surface area contributed by atoms with Crippen LogP contribution in [0.15, 0.2) is 18.2 Å². The number of carbonyl (C=O) groups is 1. The van der Waals surface area contributed by atoms with Gasteiger partial charge in [0.1, 0.15) is 11.5 Å². The third-order valence-corrected chi connectivity index (χ3v) is 3.16. The number of hydrogen-bond donors (Lipinski definition) is 0. The largest absolute Gasteiger partial charge is 0.493 e. The Morgan fingerprint density at radius 3 is 2.88 bits per heavy atom. The van der Waals surface area contributed by atoms with Crippen molar-refractivity contribution in [1.29, 1.82) is 0 Å². The van der Waals surface area contributed by atoms with E-state index in [4.69, 9.17) is 4.74 Å². The average Bonchev–Trinajstić information content (AvgIpc) is 2.61. The topological polar surface area (TPSA) is 26.3 Å². The summed E-state index contributed by atoms with van der Waals surface area (Å²) < 4.78 is 5.48. The first-order chi connectivity index (χ1) is 7.49. The van der Waals surface area contributed by atoms with Crippen LogP contribution in [0.3, 0.4) is 0 Å². The zero-order valence-corrected chi connectivity index (χ0v) is 10.2. The molecule has 0 bridgehead atoms. The Kier molecular flexibility index (Phi) is 2.75. The fraction of sp³-hybridized carbons (Fsp3) is 0.500. The minimum absolute atomic E-state index is 0.0799. The van der Waals surface area contributed by atoms with E-state index in [-0.39, 0.29) is 11.2 Å². The summed E-state index contributed by atoms with van der Waals surface area (Å²) in [6.45, 7) is 6.67. The molecule has 1 aromatic carbocycles. The smallest absolute Gasteiger partial charge is 0.130 e. The highest BCUT2D eigenvalue weighted by molar-refractivity contribution is 5.77. The molecule has 0 atom stereocenters. The van der Waals surface area contributed by atoms with Crippen LogP contribution < -0.4 is 4.74 Å². The third kappa shape index (κ3) is 2.11. The Hall–Kier alpha value is -1.31. The summed E-state index contributed by atoms with van der Waals surface area (Å²) in [4.78, 5) is 11.2. The maximum Gasteiger partial charge on any atom is 0.130 e. The minimum Gasteiger partial charge on any atom is -0.493 e. The molecule has 0 N–H and O–H groups in total. The zero-order valence-electron chi connectivity index (χ0n) is 10.2. The Bertz CT molecular complexity index is 419. The van der Waals surface area contributed by atoms with Gasteiger partial charge in [0.2, 0.25) is 0 Å². The van der Waals surface area contributed by atoms with Crippen LogP contribution in [0.1, 0.15) is 38.3 Å². The summed E-state index contributed by atoms with van der Waals surface area (Å²) in [6.07, 6.45) is 1.58. The van der Waals surface area contributed by atoms with Crippen LogP contribution in [0.4, 0.5) is 0 Å². The fourth-order valence-corrected chi connectivity index (χ4v) is 2.33. The van der Waals surface area contributed by atoms with E-state index in [1.54, 1.807) is 6.92 Å². The molecule has 0 aliphatic carbocycles. The summed E-state index contributed by atoms with van der Waals surface area (Å²) in [5, 5.41) is 0. The van der Waals surface area contributed by atoms with E-state index in [0.29, 0.717) is 6.42 Å². The van der Waals surface area contributed by atoms with Crippen LogP contribution in [0.5, 0.6) is 5.75 Å². The molecule has 0 saturated carbocycles. The molecule has 0 unspecified atom stereocenters. The van der Waals surface area contributed by atoms with Gasteiger partial charge in [-0.25, -0.2) is 0 Å². The van der Waals surface area contributed by atoms with Crippen LogP contribution in [-0.2, 0) is 16.6 Å². The van der Waals surface area contributed by atoms with E-state index >= 15 is 0 Å². The van der Waals surface area contributed by atoms with Crippen molar-refractivity contribution in [3.8, 4) is 5.75 Å². The zero-order chi connectivity index (χ0) is 11.8. The Labute approximate surface area is 96.6 Å². The third-order valence-electron chi connectivity index (χ3n) is 3.16. The molecule has 2 heteroatoms. The van der Waals surface area contributed by atoms with E-state index in [1.807, 2.05) is 6.07 Å². The van der Waals surface area contributed by atoms with Crippen molar-refractivity contribution in [2.75, 3.05) is 6.61 Å². The number of Topliss-reactive ketones (excluding diaryl/α,β-unsaturated/α-hetero) is 1. The van der Waals surface area contributed by atoms with Crippen molar-refractivity contribution < 1.29 is 9.53 Å². The van der Waals surface area contributed by atoms with E-state index in [9.17, 15) is 4.79 Å². The lowest BCUT2D eigenvalue weighted by atomic mass is 9.79. The van der Waals surface area contributed by atoms with Crippen molar-refractivity contribution in [2.45, 2.75) is 39.0 Å². The number of ether oxygens (including phenoxy) is 1. The van der Waals surface area contributed by atoms with Gasteiger partial charge in [-0.3, -0.25) is 4.79 Å². The molecule has 0 aromatic heterocycles. The highest BCUT2D eigenvalue weighted by Crippen LogP contribution is 2.33. The molecule has 86 valence electrons. The number of ketones is 1. The predicted octanol–water partition coefficient (Wildman–Crippen LogP) is 2.88. The van der Waals surface area contributed by atoms with E-state index in [1.165, 1.54) is 11.1 Å². The quantitative estimate of drug-likeness (QED) is 0.779. The monoisotopic (exact) mass is 218 g/mol. The van der Waals surface area contributed by atoms with Gasteiger partial charge in [-0.2, -0.15) is 0 Å². The van der Waals surface area contributed by atoms with Gasteiger partial charge >= 0.3 is 0 Å². The molecule has 2 nitrogen and oxygen atoms in total. The molecule has 16 heavy (non-hydrogen) atoms. The van der Waals surface area contributed by atoms with Crippen LogP contribution in [0.2, 0.25) is 0 Å². The molecule has 1 aliphatic rings. The van der Waals surface area contributed by atoms with Gasteiger partial charge in [0.25, 0.3) is 0 Å². The van der Waals surface area contributed by atoms with Crippen LogP contribution in [-0.4, -0.2) is 12.4 Å². The minimum atomic E-state index is -0.0799. The highest BCUT2D eigenvalue weighted by Gasteiger charge is 2.24. The summed E-state index contributed by atoms with van der Waals surface area (Å²) in [7, 11) is 0.